The smallest absolute Gasteiger partial charge is 0.303 e. The Morgan fingerprint density at radius 3 is 1.47 bits per heavy atom. The molecule has 0 aliphatic rings. The van der Waals surface area contributed by atoms with Crippen molar-refractivity contribution in [3.8, 4) is 0 Å². The van der Waals surface area contributed by atoms with E-state index in [4.69, 9.17) is 5.11 Å². The molecule has 4 radical (unpaired) electrons. The van der Waals surface area contributed by atoms with Gasteiger partial charge in [0, 0.05) is 33.7 Å². The number of rotatable bonds is 12. The Labute approximate surface area is 127 Å². The molecule has 17 heavy (non-hydrogen) atoms. The average molecular weight is 436 g/mol. The van der Waals surface area contributed by atoms with Crippen LogP contribution in [-0.4, -0.2) is 38.4 Å². The molecule has 0 amide bonds. The molecule has 0 aliphatic heterocycles. The second kappa shape index (κ2) is 16.4. The maximum Gasteiger partial charge on any atom is 0.303 e. The van der Waals surface area contributed by atoms with Gasteiger partial charge >= 0.3 is 5.97 Å². The van der Waals surface area contributed by atoms with Crippen LogP contribution in [0.25, 0.3) is 0 Å². The van der Waals surface area contributed by atoms with Gasteiger partial charge in [0.15, 0.2) is 0 Å². The van der Waals surface area contributed by atoms with Gasteiger partial charge in [0.25, 0.3) is 0 Å². The summed E-state index contributed by atoms with van der Waals surface area (Å²) in [5.41, 5.74) is 0. The Balaban J connectivity index is 0. The van der Waals surface area contributed by atoms with Crippen LogP contribution < -0.4 is 0 Å². The number of carboxylic acid groups (broad SMARTS) is 1. The third kappa shape index (κ3) is 18.9. The average Bonchev–Trinajstić information content (AvgIpc) is 2.25. The van der Waals surface area contributed by atoms with E-state index < -0.39 is 5.97 Å². The van der Waals surface area contributed by atoms with Crippen LogP contribution in [0.4, 0.5) is 0 Å². The molecule has 2 nitrogen and oxygen atoms in total. The SMILES string of the molecule is CCCCCCCCCCCCCC(=O)O.[Pb]. The summed E-state index contributed by atoms with van der Waals surface area (Å²) < 4.78 is 0. The first kappa shape index (κ1) is 19.7. The molecule has 0 saturated heterocycles. The molecule has 0 aliphatic carbocycles. The number of unbranched alkanes of at least 4 members (excludes halogenated alkanes) is 10. The molecular formula is C14H28O2Pb. The first-order valence-corrected chi connectivity index (χ1v) is 6.99. The Morgan fingerprint density at radius 2 is 1.12 bits per heavy atom. The minimum absolute atomic E-state index is 0. The van der Waals surface area contributed by atoms with Gasteiger partial charge in [-0.05, 0) is 6.42 Å². The number of hydrogen-bond acceptors (Lipinski definition) is 1. The molecule has 0 rings (SSSR count). The molecule has 0 fully saturated rings. The molecule has 0 bridgehead atoms. The van der Waals surface area contributed by atoms with E-state index >= 15 is 0 Å². The van der Waals surface area contributed by atoms with Crippen molar-refractivity contribution in [2.45, 2.75) is 84.0 Å². The molecule has 3 heteroatoms. The van der Waals surface area contributed by atoms with E-state index in [9.17, 15) is 4.79 Å². The van der Waals surface area contributed by atoms with Crippen molar-refractivity contribution in [3.63, 3.8) is 0 Å². The summed E-state index contributed by atoms with van der Waals surface area (Å²) >= 11 is 0. The molecule has 0 atom stereocenters. The van der Waals surface area contributed by atoms with E-state index in [0.717, 1.165) is 12.8 Å². The Hall–Kier alpha value is 0.392. The van der Waals surface area contributed by atoms with Crippen LogP contribution in [0.1, 0.15) is 84.0 Å². The molecular weight excluding hydrogens is 407 g/mol. The van der Waals surface area contributed by atoms with Crippen molar-refractivity contribution in [1.29, 1.82) is 0 Å². The minimum Gasteiger partial charge on any atom is -0.481 e. The molecule has 0 aromatic carbocycles. The molecule has 0 spiro atoms. The van der Waals surface area contributed by atoms with E-state index in [1.165, 1.54) is 57.8 Å². The Kier molecular flexibility index (Phi) is 19.0. The maximum absolute atomic E-state index is 10.3. The summed E-state index contributed by atoms with van der Waals surface area (Å²) in [5, 5.41) is 8.46. The van der Waals surface area contributed by atoms with Crippen molar-refractivity contribution in [2.75, 3.05) is 0 Å². The largest absolute Gasteiger partial charge is 0.481 e. The van der Waals surface area contributed by atoms with Crippen molar-refractivity contribution in [1.82, 2.24) is 0 Å². The van der Waals surface area contributed by atoms with Crippen LogP contribution in [0.2, 0.25) is 0 Å². The summed E-state index contributed by atoms with van der Waals surface area (Å²) in [6.07, 6.45) is 14.4. The van der Waals surface area contributed by atoms with Crippen LogP contribution in [0.15, 0.2) is 0 Å². The fourth-order valence-corrected chi connectivity index (χ4v) is 1.94. The van der Waals surface area contributed by atoms with Gasteiger partial charge in [0.2, 0.25) is 0 Å². The topological polar surface area (TPSA) is 37.3 Å². The zero-order valence-corrected chi connectivity index (χ0v) is 15.2. The van der Waals surface area contributed by atoms with Crippen molar-refractivity contribution < 1.29 is 9.90 Å². The Morgan fingerprint density at radius 1 is 0.765 bits per heavy atom. The van der Waals surface area contributed by atoms with Gasteiger partial charge < -0.3 is 5.11 Å². The van der Waals surface area contributed by atoms with Crippen molar-refractivity contribution in [2.24, 2.45) is 0 Å². The Bertz CT molecular complexity index is 160. The summed E-state index contributed by atoms with van der Waals surface area (Å²) in [7, 11) is 0. The zero-order valence-electron chi connectivity index (χ0n) is 11.3. The molecule has 1 N–H and O–H groups in total. The summed E-state index contributed by atoms with van der Waals surface area (Å²) in [6, 6.07) is 0. The second-order valence-corrected chi connectivity index (χ2v) is 4.68. The van der Waals surface area contributed by atoms with Gasteiger partial charge in [-0.15, -0.1) is 0 Å². The van der Waals surface area contributed by atoms with E-state index in [1.807, 2.05) is 0 Å². The molecule has 0 aromatic heterocycles. The fraction of sp³-hybridized carbons (Fsp3) is 0.929. The van der Waals surface area contributed by atoms with Crippen molar-refractivity contribution in [3.05, 3.63) is 0 Å². The predicted octanol–water partition coefficient (Wildman–Crippen LogP) is 4.39. The number of hydrogen-bond donors (Lipinski definition) is 1. The van der Waals surface area contributed by atoms with E-state index in [-0.39, 0.29) is 27.3 Å². The molecule has 100 valence electrons. The van der Waals surface area contributed by atoms with Crippen LogP contribution in [-0.2, 0) is 4.79 Å². The third-order valence-corrected chi connectivity index (χ3v) is 2.99. The normalized spacial score (nSPS) is 9.94. The zero-order chi connectivity index (χ0) is 12.1. The molecule has 0 heterocycles. The number of carbonyl (C=O) groups is 1. The maximum atomic E-state index is 10.3. The fourth-order valence-electron chi connectivity index (χ4n) is 1.94. The number of aliphatic carboxylic acids is 1. The van der Waals surface area contributed by atoms with Crippen LogP contribution >= 0.6 is 0 Å². The minimum atomic E-state index is -0.657. The second-order valence-electron chi connectivity index (χ2n) is 4.68. The molecule has 0 saturated carbocycles. The van der Waals surface area contributed by atoms with Gasteiger partial charge in [-0.3, -0.25) is 4.79 Å². The quantitative estimate of drug-likeness (QED) is 0.365. The van der Waals surface area contributed by atoms with E-state index in [1.54, 1.807) is 0 Å². The van der Waals surface area contributed by atoms with E-state index in [2.05, 4.69) is 6.92 Å². The summed E-state index contributed by atoms with van der Waals surface area (Å²) in [4.78, 5) is 10.3. The number of carboxylic acids is 1. The van der Waals surface area contributed by atoms with Crippen LogP contribution in [0, 0.1) is 0 Å². The molecule has 0 unspecified atom stereocenters. The van der Waals surface area contributed by atoms with Crippen LogP contribution in [0.5, 0.6) is 0 Å². The van der Waals surface area contributed by atoms with Crippen molar-refractivity contribution >= 4 is 33.3 Å². The first-order chi connectivity index (χ1) is 7.77. The van der Waals surface area contributed by atoms with Gasteiger partial charge in [-0.2, -0.15) is 0 Å². The predicted molar refractivity (Wildman–Crippen MR) is 74.5 cm³/mol. The first-order valence-electron chi connectivity index (χ1n) is 6.99. The van der Waals surface area contributed by atoms with Gasteiger partial charge in [0.05, 0.1) is 0 Å². The third-order valence-electron chi connectivity index (χ3n) is 2.99. The van der Waals surface area contributed by atoms with Crippen LogP contribution in [0.3, 0.4) is 0 Å². The monoisotopic (exact) mass is 436 g/mol. The standard InChI is InChI=1S/C14H28O2.Pb/c1-2-3-4-5-6-7-8-9-10-11-12-13-14(15)16;/h2-13H2,1H3,(H,15,16);. The van der Waals surface area contributed by atoms with Gasteiger partial charge in [-0.1, -0.05) is 71.1 Å². The molecule has 0 aromatic rings. The summed E-state index contributed by atoms with van der Waals surface area (Å²) in [5.74, 6) is -0.657. The summed E-state index contributed by atoms with van der Waals surface area (Å²) in [6.45, 7) is 2.25. The van der Waals surface area contributed by atoms with E-state index in [0.29, 0.717) is 6.42 Å². The van der Waals surface area contributed by atoms with Gasteiger partial charge in [0.1, 0.15) is 0 Å². The van der Waals surface area contributed by atoms with Gasteiger partial charge in [-0.25, -0.2) is 0 Å².